The molecular weight excluding hydrogens is 387 g/mol. The first-order valence-electron chi connectivity index (χ1n) is 7.05. The molecule has 1 heterocycles. The molecule has 0 saturated carbocycles. The summed E-state index contributed by atoms with van der Waals surface area (Å²) in [5.74, 6) is 0.0468. The van der Waals surface area contributed by atoms with Crippen LogP contribution < -0.4 is 5.73 Å². The number of likely N-dealkylation sites (tertiary alicyclic amines) is 1. The van der Waals surface area contributed by atoms with Crippen LogP contribution in [0.3, 0.4) is 0 Å². The number of aliphatic imine (C=N–C) groups is 1. The molecule has 0 amide bonds. The predicted octanol–water partition coefficient (Wildman–Crippen LogP) is 3.17. The highest BCUT2D eigenvalue weighted by Crippen LogP contribution is 2.15. The van der Waals surface area contributed by atoms with Gasteiger partial charge in [0, 0.05) is 25.2 Å². The van der Waals surface area contributed by atoms with Crippen molar-refractivity contribution in [2.75, 3.05) is 19.6 Å². The van der Waals surface area contributed by atoms with Crippen molar-refractivity contribution in [2.45, 2.75) is 26.2 Å². The summed E-state index contributed by atoms with van der Waals surface area (Å²) in [6, 6.07) is 3.89. The molecule has 1 unspecified atom stereocenters. The minimum Gasteiger partial charge on any atom is -0.370 e. The molecule has 1 aromatic carbocycles. The van der Waals surface area contributed by atoms with Crippen LogP contribution in [0.2, 0.25) is 0 Å². The lowest BCUT2D eigenvalue weighted by atomic mass is 10.0. The molecular formula is C15H22F2IN3. The molecule has 1 aromatic rings. The minimum absolute atomic E-state index is 0. The Hall–Kier alpha value is -0.920. The molecule has 0 aromatic heterocycles. The van der Waals surface area contributed by atoms with Gasteiger partial charge in [0.15, 0.2) is 5.96 Å². The van der Waals surface area contributed by atoms with E-state index in [1.54, 1.807) is 0 Å². The molecule has 2 rings (SSSR count). The van der Waals surface area contributed by atoms with Gasteiger partial charge < -0.3 is 10.6 Å². The van der Waals surface area contributed by atoms with Crippen LogP contribution in [0.15, 0.2) is 23.2 Å². The fraction of sp³-hybridized carbons (Fsp3) is 0.533. The zero-order valence-corrected chi connectivity index (χ0v) is 14.5. The average Bonchev–Trinajstić information content (AvgIpc) is 2.42. The van der Waals surface area contributed by atoms with Crippen LogP contribution in [-0.2, 0) is 6.42 Å². The Morgan fingerprint density at radius 2 is 2.05 bits per heavy atom. The second-order valence-electron chi connectivity index (χ2n) is 5.38. The van der Waals surface area contributed by atoms with E-state index in [1.807, 2.05) is 4.90 Å². The van der Waals surface area contributed by atoms with Crippen LogP contribution in [0.25, 0.3) is 0 Å². The zero-order chi connectivity index (χ0) is 14.5. The summed E-state index contributed by atoms with van der Waals surface area (Å²) < 4.78 is 26.9. The van der Waals surface area contributed by atoms with E-state index in [0.717, 1.165) is 19.5 Å². The summed E-state index contributed by atoms with van der Waals surface area (Å²) >= 11 is 0. The van der Waals surface area contributed by atoms with Crippen LogP contribution in [0, 0.1) is 17.6 Å². The maximum absolute atomic E-state index is 13.5. The van der Waals surface area contributed by atoms with Crippen LogP contribution in [0.4, 0.5) is 8.78 Å². The molecule has 2 N–H and O–H groups in total. The predicted molar refractivity (Wildman–Crippen MR) is 91.9 cm³/mol. The Bertz CT molecular complexity index is 474. The van der Waals surface area contributed by atoms with E-state index >= 15 is 0 Å². The van der Waals surface area contributed by atoms with E-state index in [9.17, 15) is 8.78 Å². The Morgan fingerprint density at radius 3 is 2.67 bits per heavy atom. The minimum atomic E-state index is -0.523. The van der Waals surface area contributed by atoms with Gasteiger partial charge in [-0.1, -0.05) is 13.0 Å². The highest BCUT2D eigenvalue weighted by Gasteiger charge is 2.17. The molecule has 21 heavy (non-hydrogen) atoms. The third-order valence-corrected chi connectivity index (χ3v) is 3.68. The number of benzene rings is 1. The normalized spacial score (nSPS) is 19.3. The van der Waals surface area contributed by atoms with Gasteiger partial charge in [0.05, 0.1) is 0 Å². The molecule has 0 spiro atoms. The molecule has 1 saturated heterocycles. The van der Waals surface area contributed by atoms with Crippen molar-refractivity contribution in [1.82, 2.24) is 4.90 Å². The summed E-state index contributed by atoms with van der Waals surface area (Å²) in [5.41, 5.74) is 6.02. The average molecular weight is 409 g/mol. The maximum Gasteiger partial charge on any atom is 0.191 e. The second-order valence-corrected chi connectivity index (χ2v) is 5.38. The van der Waals surface area contributed by atoms with E-state index < -0.39 is 11.6 Å². The molecule has 1 aliphatic rings. The number of hydrogen-bond donors (Lipinski definition) is 1. The van der Waals surface area contributed by atoms with Crippen molar-refractivity contribution in [3.05, 3.63) is 35.4 Å². The highest BCUT2D eigenvalue weighted by molar-refractivity contribution is 14.0. The molecule has 0 radical (unpaired) electrons. The van der Waals surface area contributed by atoms with Gasteiger partial charge in [0.2, 0.25) is 0 Å². The summed E-state index contributed by atoms with van der Waals surface area (Å²) in [7, 11) is 0. The molecule has 6 heteroatoms. The van der Waals surface area contributed by atoms with Gasteiger partial charge in [-0.25, -0.2) is 8.78 Å². The van der Waals surface area contributed by atoms with Crippen molar-refractivity contribution in [2.24, 2.45) is 16.6 Å². The number of rotatable bonds is 3. The first-order valence-corrected chi connectivity index (χ1v) is 7.05. The fourth-order valence-corrected chi connectivity index (χ4v) is 2.55. The number of hydrogen-bond acceptors (Lipinski definition) is 1. The van der Waals surface area contributed by atoms with E-state index in [4.69, 9.17) is 5.73 Å². The van der Waals surface area contributed by atoms with Gasteiger partial charge in [-0.15, -0.1) is 24.0 Å². The molecule has 1 atom stereocenters. The van der Waals surface area contributed by atoms with Crippen molar-refractivity contribution < 1.29 is 8.78 Å². The molecule has 0 bridgehead atoms. The van der Waals surface area contributed by atoms with Gasteiger partial charge in [-0.2, -0.15) is 0 Å². The van der Waals surface area contributed by atoms with Gasteiger partial charge in [-0.05, 0) is 37.3 Å². The van der Waals surface area contributed by atoms with Gasteiger partial charge in [-0.3, -0.25) is 4.99 Å². The molecule has 1 fully saturated rings. The Balaban J connectivity index is 0.00000220. The fourth-order valence-electron chi connectivity index (χ4n) is 2.55. The van der Waals surface area contributed by atoms with Gasteiger partial charge in [0.1, 0.15) is 11.6 Å². The standard InChI is InChI=1S/C15H21F2N3.HI/c1-11-4-3-9-20(10-11)15(18)19-8-7-12-13(16)5-2-6-14(12)17;/h2,5-6,11H,3-4,7-10H2,1H3,(H2,18,19);1H. The van der Waals surface area contributed by atoms with Crippen molar-refractivity contribution in [3.8, 4) is 0 Å². The van der Waals surface area contributed by atoms with E-state index in [-0.39, 0.29) is 36.0 Å². The molecule has 1 aliphatic heterocycles. The first kappa shape index (κ1) is 18.1. The quantitative estimate of drug-likeness (QED) is 0.474. The second kappa shape index (κ2) is 8.51. The van der Waals surface area contributed by atoms with Crippen LogP contribution in [0.5, 0.6) is 0 Å². The molecule has 118 valence electrons. The maximum atomic E-state index is 13.5. The molecule has 3 nitrogen and oxygen atoms in total. The Kier molecular flexibility index (Phi) is 7.34. The van der Waals surface area contributed by atoms with Crippen LogP contribution >= 0.6 is 24.0 Å². The van der Waals surface area contributed by atoms with Gasteiger partial charge in [0.25, 0.3) is 0 Å². The topological polar surface area (TPSA) is 41.6 Å². The Morgan fingerprint density at radius 1 is 1.38 bits per heavy atom. The SMILES string of the molecule is CC1CCCN(C(N)=NCCc2c(F)cccc2F)C1.I. The van der Waals surface area contributed by atoms with E-state index in [1.165, 1.54) is 24.6 Å². The monoisotopic (exact) mass is 409 g/mol. The van der Waals surface area contributed by atoms with Crippen molar-refractivity contribution in [1.29, 1.82) is 0 Å². The summed E-state index contributed by atoms with van der Waals surface area (Å²) in [4.78, 5) is 6.29. The van der Waals surface area contributed by atoms with E-state index in [0.29, 0.717) is 18.4 Å². The first-order chi connectivity index (χ1) is 9.58. The lowest BCUT2D eigenvalue weighted by molar-refractivity contribution is 0.270. The van der Waals surface area contributed by atoms with Crippen molar-refractivity contribution in [3.63, 3.8) is 0 Å². The number of piperidine rings is 1. The van der Waals surface area contributed by atoms with Crippen LogP contribution in [0.1, 0.15) is 25.3 Å². The number of nitrogens with two attached hydrogens (primary N) is 1. The zero-order valence-electron chi connectivity index (χ0n) is 12.2. The van der Waals surface area contributed by atoms with Gasteiger partial charge >= 0.3 is 0 Å². The number of nitrogens with zero attached hydrogens (tertiary/aromatic N) is 2. The van der Waals surface area contributed by atoms with Crippen LogP contribution in [-0.4, -0.2) is 30.5 Å². The van der Waals surface area contributed by atoms with E-state index in [2.05, 4.69) is 11.9 Å². The summed E-state index contributed by atoms with van der Waals surface area (Å²) in [6.07, 6.45) is 2.55. The van der Waals surface area contributed by atoms with Crippen molar-refractivity contribution >= 4 is 29.9 Å². The molecule has 0 aliphatic carbocycles. The number of halogens is 3. The third kappa shape index (κ3) is 5.09. The lowest BCUT2D eigenvalue weighted by Gasteiger charge is -2.31. The largest absolute Gasteiger partial charge is 0.370 e. The number of guanidine groups is 1. The summed E-state index contributed by atoms with van der Waals surface area (Å²) in [5, 5.41) is 0. The lowest BCUT2D eigenvalue weighted by Crippen LogP contribution is -2.43. The third-order valence-electron chi connectivity index (χ3n) is 3.68. The smallest absolute Gasteiger partial charge is 0.191 e. The Labute approximate surface area is 141 Å². The highest BCUT2D eigenvalue weighted by atomic mass is 127. The summed E-state index contributed by atoms with van der Waals surface area (Å²) in [6.45, 7) is 4.31.